The van der Waals surface area contributed by atoms with E-state index in [0.717, 1.165) is 24.2 Å². The summed E-state index contributed by atoms with van der Waals surface area (Å²) in [6, 6.07) is 10.3. The van der Waals surface area contributed by atoms with Crippen LogP contribution in [0.25, 0.3) is 10.9 Å². The molecule has 2 atom stereocenters. The average Bonchev–Trinajstić information content (AvgIpc) is 2.82. The van der Waals surface area contributed by atoms with E-state index < -0.39 is 0 Å². The van der Waals surface area contributed by atoms with Gasteiger partial charge in [-0.2, -0.15) is 0 Å². The third-order valence-electron chi connectivity index (χ3n) is 3.44. The molecule has 94 valence electrons. The van der Waals surface area contributed by atoms with E-state index in [1.54, 1.807) is 0 Å². The Kier molecular flexibility index (Phi) is 3.15. The Hall–Kier alpha value is -1.61. The van der Waals surface area contributed by atoms with E-state index in [-0.39, 0.29) is 0 Å². The zero-order valence-corrected chi connectivity index (χ0v) is 10.6. The van der Waals surface area contributed by atoms with Crippen molar-refractivity contribution in [1.29, 1.82) is 0 Å². The molecule has 1 aliphatic rings. The molecule has 1 aromatic heterocycles. The van der Waals surface area contributed by atoms with Crippen molar-refractivity contribution >= 4 is 16.6 Å². The van der Waals surface area contributed by atoms with E-state index in [2.05, 4.69) is 29.4 Å². The number of benzene rings is 1. The average molecular weight is 242 g/mol. The normalized spacial score (nSPS) is 23.4. The quantitative estimate of drug-likeness (QED) is 0.897. The molecule has 1 aliphatic heterocycles. The highest BCUT2D eigenvalue weighted by atomic mass is 16.5. The van der Waals surface area contributed by atoms with Gasteiger partial charge in [0.15, 0.2) is 0 Å². The van der Waals surface area contributed by atoms with Crippen LogP contribution in [0.15, 0.2) is 36.5 Å². The minimum absolute atomic E-state index is 0.339. The highest BCUT2D eigenvalue weighted by Crippen LogP contribution is 2.20. The predicted octanol–water partition coefficient (Wildman–Crippen LogP) is 3.21. The predicted molar refractivity (Wildman–Crippen MR) is 73.8 cm³/mol. The van der Waals surface area contributed by atoms with Gasteiger partial charge in [-0.15, -0.1) is 0 Å². The van der Waals surface area contributed by atoms with Crippen LogP contribution in [0.4, 0.5) is 5.69 Å². The lowest BCUT2D eigenvalue weighted by Crippen LogP contribution is -2.19. The summed E-state index contributed by atoms with van der Waals surface area (Å²) in [5.41, 5.74) is 2.10. The molecule has 0 aliphatic carbocycles. The van der Waals surface area contributed by atoms with E-state index in [0.29, 0.717) is 12.2 Å². The Labute approximate surface area is 107 Å². The molecular formula is C15H18N2O. The van der Waals surface area contributed by atoms with Crippen LogP contribution in [0.1, 0.15) is 19.8 Å². The molecule has 1 aromatic carbocycles. The Morgan fingerprint density at radius 3 is 3.06 bits per heavy atom. The van der Waals surface area contributed by atoms with Crippen LogP contribution in [-0.4, -0.2) is 23.7 Å². The lowest BCUT2D eigenvalue weighted by molar-refractivity contribution is 0.0637. The van der Waals surface area contributed by atoms with Gasteiger partial charge in [-0.1, -0.05) is 18.2 Å². The largest absolute Gasteiger partial charge is 0.381 e. The lowest BCUT2D eigenvalue weighted by atomic mass is 10.2. The van der Waals surface area contributed by atoms with Gasteiger partial charge in [-0.3, -0.25) is 4.98 Å². The molecule has 1 N–H and O–H groups in total. The molecule has 3 heteroatoms. The second-order valence-electron chi connectivity index (χ2n) is 4.94. The fourth-order valence-electron chi connectivity index (χ4n) is 2.43. The maximum atomic E-state index is 5.79. The molecule has 0 spiro atoms. The minimum Gasteiger partial charge on any atom is -0.381 e. The van der Waals surface area contributed by atoms with E-state index >= 15 is 0 Å². The number of fused-ring (bicyclic) bond motifs is 1. The van der Waals surface area contributed by atoms with Crippen molar-refractivity contribution in [2.45, 2.75) is 32.0 Å². The molecule has 2 heterocycles. The van der Waals surface area contributed by atoms with Crippen molar-refractivity contribution in [3.63, 3.8) is 0 Å². The first-order chi connectivity index (χ1) is 8.81. The standard InChI is InChI=1S/C15H18N2O/c1-11-6-7-14(18-11)10-16-13-8-12-4-2-3-5-15(12)17-9-13/h2-5,8-9,11,14,16H,6-7,10H2,1H3. The fraction of sp³-hybridized carbons (Fsp3) is 0.400. The number of pyridine rings is 1. The van der Waals surface area contributed by atoms with Gasteiger partial charge in [-0.25, -0.2) is 0 Å². The summed E-state index contributed by atoms with van der Waals surface area (Å²) in [7, 11) is 0. The summed E-state index contributed by atoms with van der Waals surface area (Å²) in [4.78, 5) is 4.44. The summed E-state index contributed by atoms with van der Waals surface area (Å²) in [6.07, 6.45) is 4.95. The van der Waals surface area contributed by atoms with E-state index in [4.69, 9.17) is 4.74 Å². The first-order valence-electron chi connectivity index (χ1n) is 6.55. The van der Waals surface area contributed by atoms with Crippen molar-refractivity contribution in [2.24, 2.45) is 0 Å². The number of nitrogens with one attached hydrogen (secondary N) is 1. The zero-order chi connectivity index (χ0) is 12.4. The molecule has 0 saturated carbocycles. The molecule has 18 heavy (non-hydrogen) atoms. The van der Waals surface area contributed by atoms with Crippen molar-refractivity contribution in [3.8, 4) is 0 Å². The van der Waals surface area contributed by atoms with Gasteiger partial charge in [0.25, 0.3) is 0 Å². The van der Waals surface area contributed by atoms with Crippen LogP contribution < -0.4 is 5.32 Å². The van der Waals surface area contributed by atoms with Gasteiger partial charge >= 0.3 is 0 Å². The van der Waals surface area contributed by atoms with E-state index in [1.165, 1.54) is 11.8 Å². The second-order valence-corrected chi connectivity index (χ2v) is 4.94. The minimum atomic E-state index is 0.339. The van der Waals surface area contributed by atoms with Gasteiger partial charge in [0.05, 0.1) is 29.6 Å². The molecule has 2 unspecified atom stereocenters. The van der Waals surface area contributed by atoms with Crippen LogP contribution >= 0.6 is 0 Å². The van der Waals surface area contributed by atoms with Crippen LogP contribution in [0.2, 0.25) is 0 Å². The topological polar surface area (TPSA) is 34.2 Å². The van der Waals surface area contributed by atoms with Crippen LogP contribution in [0, 0.1) is 0 Å². The Balaban J connectivity index is 1.67. The second kappa shape index (κ2) is 4.94. The van der Waals surface area contributed by atoms with E-state index in [1.807, 2.05) is 24.4 Å². The Morgan fingerprint density at radius 1 is 1.33 bits per heavy atom. The molecule has 0 amide bonds. The Bertz CT molecular complexity index is 541. The molecule has 3 nitrogen and oxygen atoms in total. The molecule has 0 bridgehead atoms. The third-order valence-corrected chi connectivity index (χ3v) is 3.44. The van der Waals surface area contributed by atoms with Gasteiger partial charge in [0.1, 0.15) is 0 Å². The number of rotatable bonds is 3. The SMILES string of the molecule is CC1CCC(CNc2cnc3ccccc3c2)O1. The van der Waals surface area contributed by atoms with Crippen LogP contribution in [-0.2, 0) is 4.74 Å². The van der Waals surface area contributed by atoms with Crippen molar-refractivity contribution in [3.05, 3.63) is 36.5 Å². The van der Waals surface area contributed by atoms with Gasteiger partial charge in [0.2, 0.25) is 0 Å². The summed E-state index contributed by atoms with van der Waals surface area (Å²) >= 11 is 0. The lowest BCUT2D eigenvalue weighted by Gasteiger charge is -2.13. The molecule has 0 radical (unpaired) electrons. The van der Waals surface area contributed by atoms with Crippen LogP contribution in [0.5, 0.6) is 0 Å². The highest BCUT2D eigenvalue weighted by molar-refractivity contribution is 5.81. The number of hydrogen-bond donors (Lipinski definition) is 1. The van der Waals surface area contributed by atoms with Crippen molar-refractivity contribution < 1.29 is 4.74 Å². The maximum Gasteiger partial charge on any atom is 0.0751 e. The number of nitrogens with zero attached hydrogens (tertiary/aromatic N) is 1. The molecule has 1 saturated heterocycles. The third kappa shape index (κ3) is 2.46. The molecule has 3 rings (SSSR count). The fourth-order valence-corrected chi connectivity index (χ4v) is 2.43. The van der Waals surface area contributed by atoms with Gasteiger partial charge in [-0.05, 0) is 31.9 Å². The zero-order valence-electron chi connectivity index (χ0n) is 10.6. The van der Waals surface area contributed by atoms with Crippen LogP contribution in [0.3, 0.4) is 0 Å². The number of ether oxygens (including phenoxy) is 1. The summed E-state index contributed by atoms with van der Waals surface area (Å²) in [5.74, 6) is 0. The van der Waals surface area contributed by atoms with E-state index in [9.17, 15) is 0 Å². The highest BCUT2D eigenvalue weighted by Gasteiger charge is 2.21. The molecule has 2 aromatic rings. The number of para-hydroxylation sites is 1. The van der Waals surface area contributed by atoms with Gasteiger partial charge in [0, 0.05) is 11.9 Å². The number of anilines is 1. The monoisotopic (exact) mass is 242 g/mol. The summed E-state index contributed by atoms with van der Waals surface area (Å²) in [5, 5.41) is 4.58. The van der Waals surface area contributed by atoms with Crippen molar-refractivity contribution in [1.82, 2.24) is 4.98 Å². The first kappa shape index (κ1) is 11.5. The molecular weight excluding hydrogens is 224 g/mol. The van der Waals surface area contributed by atoms with Gasteiger partial charge < -0.3 is 10.1 Å². The summed E-state index contributed by atoms with van der Waals surface area (Å²) in [6.45, 7) is 3.00. The Morgan fingerprint density at radius 2 is 2.22 bits per heavy atom. The molecule has 1 fully saturated rings. The smallest absolute Gasteiger partial charge is 0.0751 e. The number of hydrogen-bond acceptors (Lipinski definition) is 3. The number of aromatic nitrogens is 1. The van der Waals surface area contributed by atoms with Crippen molar-refractivity contribution in [2.75, 3.05) is 11.9 Å². The maximum absolute atomic E-state index is 5.79. The summed E-state index contributed by atoms with van der Waals surface area (Å²) < 4.78 is 5.79. The first-order valence-corrected chi connectivity index (χ1v) is 6.55.